The third-order valence-corrected chi connectivity index (χ3v) is 6.29. The van der Waals surface area contributed by atoms with Crippen LogP contribution in [0, 0.1) is 5.92 Å². The van der Waals surface area contributed by atoms with Gasteiger partial charge in [-0.1, -0.05) is 12.5 Å². The molecule has 22 heavy (non-hydrogen) atoms. The van der Waals surface area contributed by atoms with Crippen LogP contribution in [0.25, 0.3) is 0 Å². The van der Waals surface area contributed by atoms with Gasteiger partial charge in [0.15, 0.2) is 0 Å². The largest absolute Gasteiger partial charge is 0.393 e. The Morgan fingerprint density at radius 2 is 2.14 bits per heavy atom. The number of aliphatic hydroxyl groups excluding tert-OH is 1. The number of hydrogen-bond donors (Lipinski definition) is 2. The molecule has 2 N–H and O–H groups in total. The number of nitrogens with one attached hydrogen (secondary N) is 1. The zero-order valence-electron chi connectivity index (χ0n) is 13.0. The van der Waals surface area contributed by atoms with Gasteiger partial charge in [0.2, 0.25) is 10.0 Å². The Morgan fingerprint density at radius 1 is 1.32 bits per heavy atom. The van der Waals surface area contributed by atoms with E-state index in [1.165, 1.54) is 5.56 Å². The van der Waals surface area contributed by atoms with Crippen LogP contribution in [0.3, 0.4) is 0 Å². The number of sulfonamides is 1. The molecule has 2 atom stereocenters. The van der Waals surface area contributed by atoms with Crippen molar-refractivity contribution in [3.8, 4) is 0 Å². The Hall–Kier alpha value is -1.11. The van der Waals surface area contributed by atoms with Gasteiger partial charge in [0.05, 0.1) is 11.0 Å². The maximum absolute atomic E-state index is 12.5. The second-order valence-electron chi connectivity index (χ2n) is 6.43. The minimum Gasteiger partial charge on any atom is -0.393 e. The molecule has 0 radical (unpaired) electrons. The van der Waals surface area contributed by atoms with Crippen LogP contribution in [0.1, 0.15) is 31.2 Å². The fraction of sp³-hybridized carbons (Fsp3) is 0.625. The van der Waals surface area contributed by atoms with E-state index in [0.29, 0.717) is 11.4 Å². The van der Waals surface area contributed by atoms with E-state index < -0.39 is 10.0 Å². The third-order valence-electron chi connectivity index (χ3n) is 4.87. The maximum Gasteiger partial charge on any atom is 0.240 e. The lowest BCUT2D eigenvalue weighted by atomic mass is 10.0. The van der Waals surface area contributed by atoms with Crippen LogP contribution >= 0.6 is 0 Å². The van der Waals surface area contributed by atoms with Crippen molar-refractivity contribution in [1.82, 2.24) is 4.72 Å². The molecular weight excluding hydrogens is 300 g/mol. The first-order valence-electron chi connectivity index (χ1n) is 7.99. The number of nitrogens with zero attached hydrogens (tertiary/aromatic N) is 1. The summed E-state index contributed by atoms with van der Waals surface area (Å²) in [5, 5.41) is 9.81. The molecule has 0 unspecified atom stereocenters. The van der Waals surface area contributed by atoms with Crippen LogP contribution in [0.15, 0.2) is 23.1 Å². The summed E-state index contributed by atoms with van der Waals surface area (Å²) >= 11 is 0. The third kappa shape index (κ3) is 3.14. The predicted octanol–water partition coefficient (Wildman–Crippen LogP) is 1.51. The quantitative estimate of drug-likeness (QED) is 0.881. The summed E-state index contributed by atoms with van der Waals surface area (Å²) in [5.41, 5.74) is 2.22. The van der Waals surface area contributed by atoms with Gasteiger partial charge >= 0.3 is 0 Å². The molecule has 0 spiro atoms. The van der Waals surface area contributed by atoms with E-state index in [-0.39, 0.29) is 12.0 Å². The standard InChI is InChI=1S/C16H24N2O3S/c1-18-9-3-5-12-7-8-14(10-15(12)18)22(20,21)17-11-13-4-2-6-16(13)19/h7-8,10,13,16-17,19H,2-6,9,11H2,1H3/t13-,16-/m0/s1. The monoisotopic (exact) mass is 324 g/mol. The average Bonchev–Trinajstić information content (AvgIpc) is 2.91. The zero-order chi connectivity index (χ0) is 15.7. The van der Waals surface area contributed by atoms with E-state index in [9.17, 15) is 13.5 Å². The number of benzene rings is 1. The molecule has 0 bridgehead atoms. The number of fused-ring (bicyclic) bond motifs is 1. The number of rotatable bonds is 4. The molecule has 0 amide bonds. The smallest absolute Gasteiger partial charge is 0.240 e. The minimum absolute atomic E-state index is 0.0371. The van der Waals surface area contributed by atoms with Crippen molar-refractivity contribution in [2.45, 2.75) is 43.1 Å². The fourth-order valence-electron chi connectivity index (χ4n) is 3.46. The number of anilines is 1. The van der Waals surface area contributed by atoms with Crippen molar-refractivity contribution in [3.63, 3.8) is 0 Å². The minimum atomic E-state index is -3.52. The summed E-state index contributed by atoms with van der Waals surface area (Å²) in [4.78, 5) is 2.42. The van der Waals surface area contributed by atoms with Gasteiger partial charge in [-0.2, -0.15) is 0 Å². The molecule has 5 nitrogen and oxygen atoms in total. The SMILES string of the molecule is CN1CCCc2ccc(S(=O)(=O)NC[C@@H]3CCC[C@@H]3O)cc21. The summed E-state index contributed by atoms with van der Waals surface area (Å²) in [6, 6.07) is 5.37. The molecule has 1 aliphatic carbocycles. The Bertz CT molecular complexity index is 645. The highest BCUT2D eigenvalue weighted by atomic mass is 32.2. The van der Waals surface area contributed by atoms with Crippen molar-refractivity contribution in [2.75, 3.05) is 25.0 Å². The van der Waals surface area contributed by atoms with E-state index in [1.54, 1.807) is 12.1 Å². The molecule has 1 heterocycles. The lowest BCUT2D eigenvalue weighted by molar-refractivity contribution is 0.134. The normalized spacial score (nSPS) is 25.3. The van der Waals surface area contributed by atoms with E-state index in [2.05, 4.69) is 9.62 Å². The van der Waals surface area contributed by atoms with Gasteiger partial charge in [-0.25, -0.2) is 13.1 Å². The van der Waals surface area contributed by atoms with Gasteiger partial charge in [-0.15, -0.1) is 0 Å². The summed E-state index contributed by atoms with van der Waals surface area (Å²) in [5.74, 6) is 0.0371. The Morgan fingerprint density at radius 3 is 2.86 bits per heavy atom. The van der Waals surface area contributed by atoms with Crippen LogP contribution in [-0.2, 0) is 16.4 Å². The van der Waals surface area contributed by atoms with Gasteiger partial charge < -0.3 is 10.0 Å². The second kappa shape index (κ2) is 6.18. The van der Waals surface area contributed by atoms with Gasteiger partial charge in [-0.3, -0.25) is 0 Å². The molecule has 6 heteroatoms. The summed E-state index contributed by atoms with van der Waals surface area (Å²) in [6.45, 7) is 1.27. The lowest BCUT2D eigenvalue weighted by Gasteiger charge is -2.28. The highest BCUT2D eigenvalue weighted by molar-refractivity contribution is 7.89. The Labute approximate surface area is 132 Å². The molecule has 122 valence electrons. The summed E-state index contributed by atoms with van der Waals surface area (Å²) in [7, 11) is -1.52. The molecule has 0 aromatic heterocycles. The van der Waals surface area contributed by atoms with E-state index in [1.807, 2.05) is 13.1 Å². The van der Waals surface area contributed by atoms with Gasteiger partial charge in [0.1, 0.15) is 0 Å². The van der Waals surface area contributed by atoms with Gasteiger partial charge in [0.25, 0.3) is 0 Å². The molecule has 1 aromatic carbocycles. The maximum atomic E-state index is 12.5. The van der Waals surface area contributed by atoms with Crippen LogP contribution in [0.5, 0.6) is 0 Å². The molecular formula is C16H24N2O3S. The van der Waals surface area contributed by atoms with Crippen LogP contribution < -0.4 is 9.62 Å². The zero-order valence-corrected chi connectivity index (χ0v) is 13.8. The highest BCUT2D eigenvalue weighted by Crippen LogP contribution is 2.29. The number of aliphatic hydroxyl groups is 1. The highest BCUT2D eigenvalue weighted by Gasteiger charge is 2.27. The number of hydrogen-bond acceptors (Lipinski definition) is 4. The second-order valence-corrected chi connectivity index (χ2v) is 8.19. The molecule has 1 saturated carbocycles. The topological polar surface area (TPSA) is 69.6 Å². The van der Waals surface area contributed by atoms with Crippen molar-refractivity contribution < 1.29 is 13.5 Å². The van der Waals surface area contributed by atoms with Gasteiger partial charge in [0, 0.05) is 25.8 Å². The van der Waals surface area contributed by atoms with Crippen molar-refractivity contribution >= 4 is 15.7 Å². The molecule has 2 aliphatic rings. The van der Waals surface area contributed by atoms with Crippen LogP contribution in [0.4, 0.5) is 5.69 Å². The number of aryl methyl sites for hydroxylation is 1. The fourth-order valence-corrected chi connectivity index (χ4v) is 4.57. The molecule has 1 fully saturated rings. The first-order chi connectivity index (χ1) is 10.5. The van der Waals surface area contributed by atoms with Gasteiger partial charge in [-0.05, 0) is 49.3 Å². The average molecular weight is 324 g/mol. The lowest BCUT2D eigenvalue weighted by Crippen LogP contribution is -2.33. The van der Waals surface area contributed by atoms with Crippen LogP contribution in [0.2, 0.25) is 0 Å². The first kappa shape index (κ1) is 15.8. The molecule has 1 aromatic rings. The molecule has 1 aliphatic heterocycles. The molecule has 3 rings (SSSR count). The van der Waals surface area contributed by atoms with E-state index in [0.717, 1.165) is 44.3 Å². The summed E-state index contributed by atoms with van der Waals surface area (Å²) < 4.78 is 27.6. The van der Waals surface area contributed by atoms with E-state index >= 15 is 0 Å². The van der Waals surface area contributed by atoms with Crippen molar-refractivity contribution in [3.05, 3.63) is 23.8 Å². The van der Waals surface area contributed by atoms with Crippen molar-refractivity contribution in [2.24, 2.45) is 5.92 Å². The predicted molar refractivity (Wildman–Crippen MR) is 86.6 cm³/mol. The van der Waals surface area contributed by atoms with Crippen LogP contribution in [-0.4, -0.2) is 39.8 Å². The first-order valence-corrected chi connectivity index (χ1v) is 9.47. The Kier molecular flexibility index (Phi) is 4.43. The summed E-state index contributed by atoms with van der Waals surface area (Å²) in [6.07, 6.45) is 4.36. The molecule has 0 saturated heterocycles. The Balaban J connectivity index is 1.76. The van der Waals surface area contributed by atoms with Crippen molar-refractivity contribution in [1.29, 1.82) is 0 Å². The van der Waals surface area contributed by atoms with E-state index in [4.69, 9.17) is 0 Å².